The summed E-state index contributed by atoms with van der Waals surface area (Å²) in [6.07, 6.45) is 1.30. The summed E-state index contributed by atoms with van der Waals surface area (Å²) >= 11 is 0. The summed E-state index contributed by atoms with van der Waals surface area (Å²) in [6.45, 7) is 2.21. The molecule has 0 aliphatic heterocycles. The molecule has 0 spiro atoms. The van der Waals surface area contributed by atoms with Gasteiger partial charge in [0.05, 0.1) is 6.10 Å². The Bertz CT molecular complexity index is 427. The number of benzene rings is 1. The molecular formula is C13H16FNO2. The van der Waals surface area contributed by atoms with Crippen molar-refractivity contribution < 1.29 is 14.3 Å². The predicted molar refractivity (Wildman–Crippen MR) is 62.2 cm³/mol. The van der Waals surface area contributed by atoms with Gasteiger partial charge in [-0.3, -0.25) is 4.79 Å². The number of halogens is 1. The first-order valence-corrected chi connectivity index (χ1v) is 5.78. The molecule has 1 aromatic rings. The van der Waals surface area contributed by atoms with E-state index in [1.165, 1.54) is 12.1 Å². The molecule has 3 nitrogen and oxygen atoms in total. The predicted octanol–water partition coefficient (Wildman–Crippen LogP) is 1.63. The lowest BCUT2D eigenvalue weighted by molar-refractivity contribution is 0.0420. The molecule has 17 heavy (non-hydrogen) atoms. The second-order valence-corrected chi connectivity index (χ2v) is 4.67. The van der Waals surface area contributed by atoms with E-state index in [4.69, 9.17) is 5.11 Å². The molecule has 1 fully saturated rings. The molecule has 2 rings (SSSR count). The Balaban J connectivity index is 1.88. The zero-order valence-electron chi connectivity index (χ0n) is 9.74. The second-order valence-electron chi connectivity index (χ2n) is 4.67. The average molecular weight is 237 g/mol. The van der Waals surface area contributed by atoms with Crippen molar-refractivity contribution in [3.63, 3.8) is 0 Å². The van der Waals surface area contributed by atoms with Crippen molar-refractivity contribution >= 4 is 5.91 Å². The Morgan fingerprint density at radius 1 is 1.53 bits per heavy atom. The van der Waals surface area contributed by atoms with Crippen LogP contribution >= 0.6 is 0 Å². The number of hydrogen-bond acceptors (Lipinski definition) is 2. The van der Waals surface area contributed by atoms with Crippen molar-refractivity contribution in [3.05, 3.63) is 35.1 Å². The van der Waals surface area contributed by atoms with Crippen molar-refractivity contribution in [2.75, 3.05) is 6.54 Å². The third-order valence-electron chi connectivity index (χ3n) is 3.18. The smallest absolute Gasteiger partial charge is 0.251 e. The molecule has 0 atom stereocenters. The van der Waals surface area contributed by atoms with E-state index in [2.05, 4.69) is 5.32 Å². The molecular weight excluding hydrogens is 221 g/mol. The lowest BCUT2D eigenvalue weighted by Crippen LogP contribution is -2.38. The van der Waals surface area contributed by atoms with Gasteiger partial charge in [0.25, 0.3) is 5.91 Å². The van der Waals surface area contributed by atoms with Gasteiger partial charge in [-0.2, -0.15) is 0 Å². The van der Waals surface area contributed by atoms with Crippen molar-refractivity contribution in [2.45, 2.75) is 25.9 Å². The van der Waals surface area contributed by atoms with E-state index in [1.807, 2.05) is 0 Å². The normalized spacial score (nSPS) is 23.0. The van der Waals surface area contributed by atoms with Crippen LogP contribution in [0.5, 0.6) is 0 Å². The highest BCUT2D eigenvalue weighted by Crippen LogP contribution is 2.26. The summed E-state index contributed by atoms with van der Waals surface area (Å²) in [5.74, 6) is -0.117. The van der Waals surface area contributed by atoms with Gasteiger partial charge in [-0.1, -0.05) is 0 Å². The SMILES string of the molecule is Cc1cc(C(=O)NCC2CC(O)C2)ccc1F. The summed E-state index contributed by atoms with van der Waals surface area (Å²) < 4.78 is 13.0. The van der Waals surface area contributed by atoms with Gasteiger partial charge >= 0.3 is 0 Å². The van der Waals surface area contributed by atoms with E-state index in [0.29, 0.717) is 23.6 Å². The Morgan fingerprint density at radius 2 is 2.24 bits per heavy atom. The number of amides is 1. The fourth-order valence-corrected chi connectivity index (χ4v) is 1.99. The van der Waals surface area contributed by atoms with Gasteiger partial charge < -0.3 is 10.4 Å². The van der Waals surface area contributed by atoms with Gasteiger partial charge in [0, 0.05) is 12.1 Å². The number of carbonyl (C=O) groups excluding carboxylic acids is 1. The van der Waals surface area contributed by atoms with Crippen LogP contribution < -0.4 is 5.32 Å². The highest BCUT2D eigenvalue weighted by Gasteiger charge is 2.27. The summed E-state index contributed by atoms with van der Waals surface area (Å²) in [4.78, 5) is 11.7. The average Bonchev–Trinajstić information content (AvgIpc) is 2.26. The summed E-state index contributed by atoms with van der Waals surface area (Å²) in [7, 11) is 0. The van der Waals surface area contributed by atoms with Crippen molar-refractivity contribution in [1.29, 1.82) is 0 Å². The number of nitrogens with one attached hydrogen (secondary N) is 1. The summed E-state index contributed by atoms with van der Waals surface area (Å²) in [5.41, 5.74) is 0.945. The molecule has 0 heterocycles. The zero-order valence-corrected chi connectivity index (χ0v) is 9.74. The molecule has 4 heteroatoms. The first-order chi connectivity index (χ1) is 8.06. The number of rotatable bonds is 3. The maximum Gasteiger partial charge on any atom is 0.251 e. The number of hydrogen-bond donors (Lipinski definition) is 2. The number of aryl methyl sites for hydroxylation is 1. The fraction of sp³-hybridized carbons (Fsp3) is 0.462. The summed E-state index contributed by atoms with van der Waals surface area (Å²) in [6, 6.07) is 4.32. The molecule has 0 saturated heterocycles. The van der Waals surface area contributed by atoms with E-state index >= 15 is 0 Å². The van der Waals surface area contributed by atoms with Crippen molar-refractivity contribution in [1.82, 2.24) is 5.32 Å². The van der Waals surface area contributed by atoms with E-state index in [9.17, 15) is 9.18 Å². The Labute approximate surface area is 99.7 Å². The number of aliphatic hydroxyl groups excluding tert-OH is 1. The van der Waals surface area contributed by atoms with Crippen molar-refractivity contribution in [2.24, 2.45) is 5.92 Å². The van der Waals surface area contributed by atoms with Crippen LogP contribution in [0.1, 0.15) is 28.8 Å². The molecule has 92 valence electrons. The fourth-order valence-electron chi connectivity index (χ4n) is 1.99. The number of carbonyl (C=O) groups is 1. The van der Waals surface area contributed by atoms with Gasteiger partial charge in [0.2, 0.25) is 0 Å². The van der Waals surface area contributed by atoms with Crippen LogP contribution in [0.3, 0.4) is 0 Å². The van der Waals surface area contributed by atoms with E-state index in [1.54, 1.807) is 13.0 Å². The zero-order chi connectivity index (χ0) is 12.4. The quantitative estimate of drug-likeness (QED) is 0.839. The Kier molecular flexibility index (Phi) is 3.43. The molecule has 1 saturated carbocycles. The topological polar surface area (TPSA) is 49.3 Å². The molecule has 2 N–H and O–H groups in total. The minimum Gasteiger partial charge on any atom is -0.393 e. The van der Waals surface area contributed by atoms with Gasteiger partial charge in [0.1, 0.15) is 5.82 Å². The maximum absolute atomic E-state index is 13.0. The first-order valence-electron chi connectivity index (χ1n) is 5.78. The van der Waals surface area contributed by atoms with E-state index in [0.717, 1.165) is 12.8 Å². The van der Waals surface area contributed by atoms with Crippen LogP contribution in [0.25, 0.3) is 0 Å². The Hall–Kier alpha value is -1.42. The molecule has 0 radical (unpaired) electrons. The molecule has 1 aromatic carbocycles. The highest BCUT2D eigenvalue weighted by atomic mass is 19.1. The van der Waals surface area contributed by atoms with E-state index < -0.39 is 0 Å². The van der Waals surface area contributed by atoms with Crippen LogP contribution in [-0.2, 0) is 0 Å². The lowest BCUT2D eigenvalue weighted by atomic mass is 9.82. The third kappa shape index (κ3) is 2.82. The maximum atomic E-state index is 13.0. The minimum absolute atomic E-state index is 0.186. The van der Waals surface area contributed by atoms with E-state index in [-0.39, 0.29) is 17.8 Å². The minimum atomic E-state index is -0.302. The summed E-state index contributed by atoms with van der Waals surface area (Å²) in [5, 5.41) is 11.9. The molecule has 1 aliphatic rings. The van der Waals surface area contributed by atoms with Gasteiger partial charge in [-0.05, 0) is 49.4 Å². The molecule has 0 aromatic heterocycles. The van der Waals surface area contributed by atoms with Gasteiger partial charge in [-0.15, -0.1) is 0 Å². The lowest BCUT2D eigenvalue weighted by Gasteiger charge is -2.31. The van der Waals surface area contributed by atoms with Crippen LogP contribution in [0.2, 0.25) is 0 Å². The molecule has 1 aliphatic carbocycles. The first kappa shape index (κ1) is 12.0. The van der Waals surface area contributed by atoms with Gasteiger partial charge in [-0.25, -0.2) is 4.39 Å². The van der Waals surface area contributed by atoms with Crippen LogP contribution in [0, 0.1) is 18.7 Å². The second kappa shape index (κ2) is 4.84. The van der Waals surface area contributed by atoms with Gasteiger partial charge in [0.15, 0.2) is 0 Å². The molecule has 0 unspecified atom stereocenters. The number of aliphatic hydroxyl groups is 1. The largest absolute Gasteiger partial charge is 0.393 e. The Morgan fingerprint density at radius 3 is 2.82 bits per heavy atom. The highest BCUT2D eigenvalue weighted by molar-refractivity contribution is 5.94. The molecule has 0 bridgehead atoms. The van der Waals surface area contributed by atoms with Crippen LogP contribution in [0.4, 0.5) is 4.39 Å². The monoisotopic (exact) mass is 237 g/mol. The van der Waals surface area contributed by atoms with Crippen LogP contribution in [0.15, 0.2) is 18.2 Å². The third-order valence-corrected chi connectivity index (χ3v) is 3.18. The molecule has 1 amide bonds. The van der Waals surface area contributed by atoms with Crippen LogP contribution in [-0.4, -0.2) is 23.7 Å². The standard InChI is InChI=1S/C13H16FNO2/c1-8-4-10(2-3-12(8)14)13(17)15-7-9-5-11(16)6-9/h2-4,9,11,16H,5-7H2,1H3,(H,15,17). The van der Waals surface area contributed by atoms with Crippen molar-refractivity contribution in [3.8, 4) is 0 Å².